The molecule has 6 nitrogen and oxygen atoms in total. The number of carbonyl (C=O) groups excluding carboxylic acids is 1. The normalized spacial score (nSPS) is 17.3. The van der Waals surface area contributed by atoms with Crippen LogP contribution in [0, 0.1) is 0 Å². The Morgan fingerprint density at radius 1 is 0.897 bits per heavy atom. The molecule has 154 valence electrons. The number of benzene rings is 2. The number of morpholine rings is 2. The Labute approximate surface area is 176 Å². The molecule has 7 heteroatoms. The number of hydrogen-bond acceptors (Lipinski definition) is 5. The van der Waals surface area contributed by atoms with Gasteiger partial charge in [-0.25, -0.2) is 0 Å². The maximum Gasteiger partial charge on any atom is 0.228 e. The molecule has 2 saturated heterocycles. The molecular weight excluding hydrogens is 390 g/mol. The first-order valence-corrected chi connectivity index (χ1v) is 10.4. The van der Waals surface area contributed by atoms with Crippen molar-refractivity contribution in [1.29, 1.82) is 0 Å². The summed E-state index contributed by atoms with van der Waals surface area (Å²) >= 11 is 5.94. The van der Waals surface area contributed by atoms with Gasteiger partial charge < -0.3 is 24.6 Å². The van der Waals surface area contributed by atoms with E-state index < -0.39 is 0 Å². The maximum atomic E-state index is 12.7. The first-order valence-electron chi connectivity index (χ1n) is 10.0. The first kappa shape index (κ1) is 20.0. The highest BCUT2D eigenvalue weighted by molar-refractivity contribution is 6.30. The minimum absolute atomic E-state index is 0.0408. The molecule has 0 aromatic heterocycles. The highest BCUT2D eigenvalue weighted by Gasteiger charge is 2.19. The Hall–Kier alpha value is -2.28. The zero-order valence-electron chi connectivity index (χ0n) is 16.4. The van der Waals surface area contributed by atoms with Crippen LogP contribution in [0.1, 0.15) is 5.56 Å². The minimum Gasteiger partial charge on any atom is -0.378 e. The molecule has 0 unspecified atom stereocenters. The van der Waals surface area contributed by atoms with E-state index in [0.717, 1.165) is 62.0 Å². The fourth-order valence-electron chi connectivity index (χ4n) is 3.69. The van der Waals surface area contributed by atoms with Crippen LogP contribution in [0.4, 0.5) is 17.1 Å². The molecule has 0 atom stereocenters. The molecule has 2 aliphatic heterocycles. The maximum absolute atomic E-state index is 12.7. The fourth-order valence-corrected chi connectivity index (χ4v) is 3.82. The number of rotatable bonds is 5. The summed E-state index contributed by atoms with van der Waals surface area (Å²) in [5.74, 6) is -0.0408. The Morgan fingerprint density at radius 2 is 1.52 bits per heavy atom. The van der Waals surface area contributed by atoms with E-state index in [4.69, 9.17) is 21.1 Å². The lowest BCUT2D eigenvalue weighted by molar-refractivity contribution is -0.115. The summed E-state index contributed by atoms with van der Waals surface area (Å²) in [6.45, 7) is 6.26. The molecule has 29 heavy (non-hydrogen) atoms. The molecule has 1 N–H and O–H groups in total. The zero-order chi connectivity index (χ0) is 20.1. The van der Waals surface area contributed by atoms with E-state index in [-0.39, 0.29) is 5.91 Å². The van der Waals surface area contributed by atoms with Gasteiger partial charge in [-0.05, 0) is 35.9 Å². The molecule has 2 aromatic rings. The van der Waals surface area contributed by atoms with Crippen molar-refractivity contribution < 1.29 is 14.3 Å². The van der Waals surface area contributed by atoms with Crippen molar-refractivity contribution in [3.8, 4) is 0 Å². The van der Waals surface area contributed by atoms with E-state index in [1.54, 1.807) is 12.1 Å². The average molecular weight is 416 g/mol. The third-order valence-electron chi connectivity index (χ3n) is 5.26. The van der Waals surface area contributed by atoms with Crippen molar-refractivity contribution in [3.63, 3.8) is 0 Å². The van der Waals surface area contributed by atoms with Gasteiger partial charge in [0.15, 0.2) is 0 Å². The van der Waals surface area contributed by atoms with Gasteiger partial charge in [0.1, 0.15) is 0 Å². The topological polar surface area (TPSA) is 54.0 Å². The molecule has 2 fully saturated rings. The largest absolute Gasteiger partial charge is 0.378 e. The fraction of sp³-hybridized carbons (Fsp3) is 0.409. The zero-order valence-corrected chi connectivity index (χ0v) is 17.2. The number of anilines is 3. The number of ether oxygens (including phenoxy) is 2. The van der Waals surface area contributed by atoms with Crippen LogP contribution >= 0.6 is 11.6 Å². The summed E-state index contributed by atoms with van der Waals surface area (Å²) in [5, 5.41) is 3.77. The number of halogens is 1. The molecule has 0 bridgehead atoms. The predicted octanol–water partition coefficient (Wildman–Crippen LogP) is 3.19. The molecule has 2 aliphatic rings. The molecule has 2 aromatic carbocycles. The second kappa shape index (κ2) is 9.48. The van der Waals surface area contributed by atoms with Gasteiger partial charge in [-0.1, -0.05) is 23.7 Å². The summed E-state index contributed by atoms with van der Waals surface area (Å²) in [4.78, 5) is 17.3. The molecule has 2 heterocycles. The van der Waals surface area contributed by atoms with E-state index in [1.165, 1.54) is 0 Å². The SMILES string of the molecule is O=C(Cc1ccc(Cl)cc1)Nc1ccc(N2CCOCC2)cc1N1CCOCC1. The number of amides is 1. The van der Waals surface area contributed by atoms with E-state index in [9.17, 15) is 4.79 Å². The monoisotopic (exact) mass is 415 g/mol. The molecule has 4 rings (SSSR count). The van der Waals surface area contributed by atoms with Crippen molar-refractivity contribution in [1.82, 2.24) is 0 Å². The summed E-state index contributed by atoms with van der Waals surface area (Å²) in [6, 6.07) is 13.6. The van der Waals surface area contributed by atoms with Gasteiger partial charge in [0, 0.05) is 36.9 Å². The summed E-state index contributed by atoms with van der Waals surface area (Å²) in [7, 11) is 0. The van der Waals surface area contributed by atoms with Crippen molar-refractivity contribution in [2.24, 2.45) is 0 Å². The Kier molecular flexibility index (Phi) is 6.54. The molecule has 0 spiro atoms. The van der Waals surface area contributed by atoms with E-state index in [0.29, 0.717) is 24.7 Å². The predicted molar refractivity (Wildman–Crippen MR) is 116 cm³/mol. The van der Waals surface area contributed by atoms with Crippen molar-refractivity contribution in [3.05, 3.63) is 53.1 Å². The van der Waals surface area contributed by atoms with Gasteiger partial charge in [0.05, 0.1) is 44.2 Å². The summed E-state index contributed by atoms with van der Waals surface area (Å²) in [5.41, 5.74) is 3.97. The van der Waals surface area contributed by atoms with Crippen molar-refractivity contribution in [2.45, 2.75) is 6.42 Å². The van der Waals surface area contributed by atoms with Gasteiger partial charge in [0.2, 0.25) is 5.91 Å². The minimum atomic E-state index is -0.0408. The van der Waals surface area contributed by atoms with E-state index in [2.05, 4.69) is 27.2 Å². The number of nitrogens with zero attached hydrogens (tertiary/aromatic N) is 2. The quantitative estimate of drug-likeness (QED) is 0.812. The van der Waals surface area contributed by atoms with Gasteiger partial charge in [0.25, 0.3) is 0 Å². The third kappa shape index (κ3) is 5.21. The molecule has 1 amide bonds. The Balaban J connectivity index is 1.53. The highest BCUT2D eigenvalue weighted by Crippen LogP contribution is 2.32. The number of carbonyl (C=O) groups is 1. The lowest BCUT2D eigenvalue weighted by Gasteiger charge is -2.33. The van der Waals surface area contributed by atoms with Crippen LogP contribution in [0.25, 0.3) is 0 Å². The van der Waals surface area contributed by atoms with Gasteiger partial charge >= 0.3 is 0 Å². The van der Waals surface area contributed by atoms with Crippen molar-refractivity contribution >= 4 is 34.6 Å². The van der Waals surface area contributed by atoms with Crippen LogP contribution in [0.5, 0.6) is 0 Å². The summed E-state index contributed by atoms with van der Waals surface area (Å²) in [6.07, 6.45) is 0.310. The molecule has 0 aliphatic carbocycles. The van der Waals surface area contributed by atoms with Crippen molar-refractivity contribution in [2.75, 3.05) is 67.7 Å². The molecule has 0 saturated carbocycles. The Bertz CT molecular complexity index is 832. The number of hydrogen-bond donors (Lipinski definition) is 1. The lowest BCUT2D eigenvalue weighted by atomic mass is 10.1. The van der Waals surface area contributed by atoms with Gasteiger partial charge in [-0.2, -0.15) is 0 Å². The van der Waals surface area contributed by atoms with Gasteiger partial charge in [-0.15, -0.1) is 0 Å². The van der Waals surface area contributed by atoms with Crippen LogP contribution in [0.2, 0.25) is 5.02 Å². The molecular formula is C22H26ClN3O3. The first-order chi connectivity index (χ1) is 14.2. The van der Waals surface area contributed by atoms with E-state index >= 15 is 0 Å². The van der Waals surface area contributed by atoms with Crippen LogP contribution in [-0.2, 0) is 20.7 Å². The summed E-state index contributed by atoms with van der Waals surface area (Å²) < 4.78 is 11.0. The molecule has 0 radical (unpaired) electrons. The van der Waals surface area contributed by atoms with E-state index in [1.807, 2.05) is 18.2 Å². The number of nitrogens with one attached hydrogen (secondary N) is 1. The Morgan fingerprint density at radius 3 is 2.17 bits per heavy atom. The smallest absolute Gasteiger partial charge is 0.228 e. The van der Waals surface area contributed by atoms with Crippen LogP contribution in [-0.4, -0.2) is 58.5 Å². The standard InChI is InChI=1S/C22H26ClN3O3/c23-18-3-1-17(2-4-18)15-22(27)24-20-6-5-19(25-7-11-28-12-8-25)16-21(20)26-9-13-29-14-10-26/h1-6,16H,7-15H2,(H,24,27). The third-order valence-corrected chi connectivity index (χ3v) is 5.51. The van der Waals surface area contributed by atoms with Crippen LogP contribution in [0.3, 0.4) is 0 Å². The highest BCUT2D eigenvalue weighted by atomic mass is 35.5. The van der Waals surface area contributed by atoms with Crippen LogP contribution in [0.15, 0.2) is 42.5 Å². The second-order valence-electron chi connectivity index (χ2n) is 7.25. The second-order valence-corrected chi connectivity index (χ2v) is 7.69. The van der Waals surface area contributed by atoms with Crippen LogP contribution < -0.4 is 15.1 Å². The lowest BCUT2D eigenvalue weighted by Crippen LogP contribution is -2.38. The average Bonchev–Trinajstić information content (AvgIpc) is 2.77. The van der Waals surface area contributed by atoms with Gasteiger partial charge in [-0.3, -0.25) is 4.79 Å².